The summed E-state index contributed by atoms with van der Waals surface area (Å²) >= 11 is 0. The fraction of sp³-hybridized carbons (Fsp3) is 0.980. The Morgan fingerprint density at radius 2 is 0.906 bits per heavy atom. The van der Waals surface area contributed by atoms with Crippen LogP contribution in [0.2, 0.25) is 0 Å². The highest BCUT2D eigenvalue weighted by molar-refractivity contribution is 7.80. The average molecular weight is 936 g/mol. The normalized spacial score (nSPS) is 20.1. The highest BCUT2D eigenvalue weighted by atomic mass is 32.3. The van der Waals surface area contributed by atoms with Gasteiger partial charge in [0, 0.05) is 6.42 Å². The van der Waals surface area contributed by atoms with Gasteiger partial charge in [-0.3, -0.25) is 9.35 Å². The van der Waals surface area contributed by atoms with Crippen LogP contribution in [0.4, 0.5) is 0 Å². The third-order valence-corrected chi connectivity index (χ3v) is 13.6. The molecule has 1 saturated heterocycles. The van der Waals surface area contributed by atoms with Gasteiger partial charge in [-0.25, -0.2) is 4.18 Å². The minimum atomic E-state index is -5.07. The molecule has 1 aliphatic heterocycles. The molecule has 1 amide bonds. The largest absolute Gasteiger partial charge is 0.397 e. The van der Waals surface area contributed by atoms with Gasteiger partial charge >= 0.3 is 10.4 Å². The van der Waals surface area contributed by atoms with Gasteiger partial charge in [0.2, 0.25) is 5.91 Å². The lowest BCUT2D eigenvalue weighted by Crippen LogP contribution is -2.61. The zero-order chi connectivity index (χ0) is 46.9. The number of aliphatic hydroxyl groups excluding tert-OH is 4. The maximum absolute atomic E-state index is 13.1. The Kier molecular flexibility index (Phi) is 40.3. The van der Waals surface area contributed by atoms with Crippen molar-refractivity contribution >= 4 is 16.3 Å². The molecule has 13 heteroatoms. The third-order valence-electron chi connectivity index (χ3n) is 13.2. The monoisotopic (exact) mass is 936 g/mol. The Hall–Kier alpha value is -0.900. The van der Waals surface area contributed by atoms with Gasteiger partial charge in [0.15, 0.2) is 6.29 Å². The van der Waals surface area contributed by atoms with Gasteiger partial charge in [0.1, 0.15) is 24.4 Å². The summed E-state index contributed by atoms with van der Waals surface area (Å²) in [6.45, 7) is 3.49. The molecule has 0 aliphatic carbocycles. The van der Waals surface area contributed by atoms with Crippen LogP contribution < -0.4 is 5.32 Å². The van der Waals surface area contributed by atoms with Gasteiger partial charge < -0.3 is 35.2 Å². The van der Waals surface area contributed by atoms with Crippen LogP contribution in [0, 0.1) is 0 Å². The second-order valence-electron chi connectivity index (χ2n) is 19.2. The van der Waals surface area contributed by atoms with E-state index in [0.717, 1.165) is 51.4 Å². The molecule has 1 fully saturated rings. The second kappa shape index (κ2) is 42.2. The molecule has 0 aromatic heterocycles. The van der Waals surface area contributed by atoms with Crippen LogP contribution in [-0.2, 0) is 28.9 Å². The summed E-state index contributed by atoms with van der Waals surface area (Å²) in [4.78, 5) is 13.1. The summed E-state index contributed by atoms with van der Waals surface area (Å²) in [5, 5.41) is 45.0. The lowest BCUT2D eigenvalue weighted by atomic mass is 9.99. The summed E-state index contributed by atoms with van der Waals surface area (Å²) < 4.78 is 47.8. The highest BCUT2D eigenvalue weighted by Gasteiger charge is 2.48. The van der Waals surface area contributed by atoms with Crippen molar-refractivity contribution in [2.75, 3.05) is 13.2 Å². The zero-order valence-electron chi connectivity index (χ0n) is 41.1. The van der Waals surface area contributed by atoms with Crippen molar-refractivity contribution < 1.29 is 51.8 Å². The number of carbonyl (C=O) groups is 1. The van der Waals surface area contributed by atoms with E-state index >= 15 is 0 Å². The number of ether oxygens (including phenoxy) is 2. The molecule has 1 rings (SSSR count). The molecule has 1 aliphatic rings. The van der Waals surface area contributed by atoms with E-state index in [-0.39, 0.29) is 12.5 Å². The first-order chi connectivity index (χ1) is 31.0. The number of nitrogens with one attached hydrogen (secondary N) is 1. The fourth-order valence-corrected chi connectivity index (χ4v) is 9.50. The van der Waals surface area contributed by atoms with Crippen molar-refractivity contribution in [2.24, 2.45) is 0 Å². The fourth-order valence-electron chi connectivity index (χ4n) is 8.99. The van der Waals surface area contributed by atoms with E-state index in [2.05, 4.69) is 23.3 Å². The van der Waals surface area contributed by atoms with Crippen LogP contribution in [0.1, 0.15) is 264 Å². The van der Waals surface area contributed by atoms with E-state index in [1.165, 1.54) is 186 Å². The number of unbranched alkanes of at least 4 members (excludes halogenated alkanes) is 35. The number of amides is 1. The molecule has 64 heavy (non-hydrogen) atoms. The van der Waals surface area contributed by atoms with Gasteiger partial charge in [-0.05, 0) is 12.8 Å². The number of rotatable bonds is 47. The molecule has 0 bridgehead atoms. The molecule has 0 aromatic rings. The predicted molar refractivity (Wildman–Crippen MR) is 259 cm³/mol. The summed E-state index contributed by atoms with van der Waals surface area (Å²) in [5.41, 5.74) is 0. The number of carbonyl (C=O) groups excluding carboxylic acids is 1. The van der Waals surface area contributed by atoms with Crippen molar-refractivity contribution in [3.05, 3.63) is 0 Å². The summed E-state index contributed by atoms with van der Waals surface area (Å²) in [7, 11) is -5.07. The van der Waals surface area contributed by atoms with E-state index in [1.807, 2.05) is 0 Å². The molecule has 0 saturated carbocycles. The minimum absolute atomic E-state index is 0.223. The molecule has 0 aromatic carbocycles. The van der Waals surface area contributed by atoms with E-state index in [1.54, 1.807) is 0 Å². The zero-order valence-corrected chi connectivity index (χ0v) is 41.9. The summed E-state index contributed by atoms with van der Waals surface area (Å²) in [5.74, 6) is -0.223. The van der Waals surface area contributed by atoms with Gasteiger partial charge in [0.25, 0.3) is 0 Å². The lowest BCUT2D eigenvalue weighted by molar-refractivity contribution is -0.298. The Balaban J connectivity index is 2.39. The maximum atomic E-state index is 13.1. The highest BCUT2D eigenvalue weighted by Crippen LogP contribution is 2.26. The van der Waals surface area contributed by atoms with Crippen molar-refractivity contribution in [1.82, 2.24) is 5.32 Å². The van der Waals surface area contributed by atoms with Gasteiger partial charge in [0.05, 0.1) is 25.4 Å². The van der Waals surface area contributed by atoms with Crippen LogP contribution in [0.25, 0.3) is 0 Å². The molecular formula is C51H101NO11S. The second-order valence-corrected chi connectivity index (χ2v) is 20.2. The molecule has 12 nitrogen and oxygen atoms in total. The average Bonchev–Trinajstić information content (AvgIpc) is 3.27. The Bertz CT molecular complexity index is 1150. The first-order valence-corrected chi connectivity index (χ1v) is 28.3. The minimum Gasteiger partial charge on any atom is -0.394 e. The van der Waals surface area contributed by atoms with E-state index < -0.39 is 59.9 Å². The number of hydrogen-bond acceptors (Lipinski definition) is 10. The first kappa shape index (κ1) is 61.1. The number of hydrogen-bond donors (Lipinski definition) is 6. The summed E-state index contributed by atoms with van der Waals surface area (Å²) in [6, 6.07) is -0.852. The third kappa shape index (κ3) is 34.4. The summed E-state index contributed by atoms with van der Waals surface area (Å²) in [6.07, 6.45) is 38.1. The smallest absolute Gasteiger partial charge is 0.394 e. The topological polar surface area (TPSA) is 192 Å². The van der Waals surface area contributed by atoms with Gasteiger partial charge in [-0.15, -0.1) is 0 Å². The van der Waals surface area contributed by atoms with Crippen LogP contribution >= 0.6 is 0 Å². The molecule has 7 unspecified atom stereocenters. The van der Waals surface area contributed by atoms with E-state index in [9.17, 15) is 38.2 Å². The lowest BCUT2D eigenvalue weighted by Gasteiger charge is -2.41. The first-order valence-electron chi connectivity index (χ1n) is 26.9. The van der Waals surface area contributed by atoms with E-state index in [4.69, 9.17) is 9.47 Å². The SMILES string of the molecule is CCCCCCCCCCCCCCCCCCCCCCC(=O)NC(COC1OC(CO)C(O)C(OS(=O)(=O)O)C1O)C(O)CCCCCCCCCCCCCCCCCCC. The molecule has 1 heterocycles. The Labute approximate surface area is 392 Å². The van der Waals surface area contributed by atoms with Gasteiger partial charge in [-0.1, -0.05) is 245 Å². The molecule has 0 radical (unpaired) electrons. The van der Waals surface area contributed by atoms with Crippen molar-refractivity contribution in [3.8, 4) is 0 Å². The van der Waals surface area contributed by atoms with Crippen molar-refractivity contribution in [2.45, 2.75) is 307 Å². The van der Waals surface area contributed by atoms with E-state index in [0.29, 0.717) is 12.8 Å². The van der Waals surface area contributed by atoms with Crippen molar-refractivity contribution in [1.29, 1.82) is 0 Å². The standard InChI is InChI=1S/C51H101NO11S/c1-3-5-7-9-11-13-15-17-19-21-22-23-25-27-29-31-33-35-37-39-41-47(55)52-44(43-61-51-49(57)50(63-64(58,59)60)48(56)46(42-53)62-51)45(54)40-38-36-34-32-30-28-26-24-20-18-16-14-12-10-8-6-4-2/h44-46,48-51,53-54,56-57H,3-43H2,1-2H3,(H,52,55)(H,58,59,60). The molecule has 382 valence electrons. The Morgan fingerprint density at radius 3 is 1.25 bits per heavy atom. The molecule has 6 N–H and O–H groups in total. The molecule has 0 spiro atoms. The van der Waals surface area contributed by atoms with Gasteiger partial charge in [-0.2, -0.15) is 8.42 Å². The molecular weight excluding hydrogens is 835 g/mol. The van der Waals surface area contributed by atoms with Crippen LogP contribution in [0.3, 0.4) is 0 Å². The number of aliphatic hydroxyl groups is 4. The maximum Gasteiger partial charge on any atom is 0.397 e. The Morgan fingerprint density at radius 1 is 0.562 bits per heavy atom. The predicted octanol–water partition coefficient (Wildman–Crippen LogP) is 11.7. The molecule has 7 atom stereocenters. The van der Waals surface area contributed by atoms with Crippen LogP contribution in [0.15, 0.2) is 0 Å². The van der Waals surface area contributed by atoms with Crippen LogP contribution in [0.5, 0.6) is 0 Å². The van der Waals surface area contributed by atoms with Crippen LogP contribution in [-0.4, -0.2) is 95.4 Å². The van der Waals surface area contributed by atoms with Crippen molar-refractivity contribution in [3.63, 3.8) is 0 Å². The quantitative estimate of drug-likeness (QED) is 0.0251.